The number of nitrogens with one attached hydrogen (secondary N) is 2. The molecule has 2 rings (SSSR count). The van der Waals surface area contributed by atoms with Gasteiger partial charge in [-0.3, -0.25) is 0 Å². The van der Waals surface area contributed by atoms with E-state index in [4.69, 9.17) is 0 Å². The first-order valence-electron chi connectivity index (χ1n) is 6.77. The van der Waals surface area contributed by atoms with Gasteiger partial charge in [-0.15, -0.1) is 0 Å². The number of hydrogen-bond donors (Lipinski definition) is 2. The highest BCUT2D eigenvalue weighted by Crippen LogP contribution is 2.40. The number of rotatable bonds is 4. The molecule has 100 valence electrons. The molecule has 2 N–H and O–H groups in total. The van der Waals surface area contributed by atoms with Crippen molar-refractivity contribution in [1.29, 1.82) is 0 Å². The Balaban J connectivity index is 2.24. The highest BCUT2D eigenvalue weighted by Gasteiger charge is 2.26. The molecule has 0 atom stereocenters. The zero-order chi connectivity index (χ0) is 13.3. The molecular formula is C14H24N4. The van der Waals surface area contributed by atoms with E-state index in [-0.39, 0.29) is 5.54 Å². The van der Waals surface area contributed by atoms with Crippen molar-refractivity contribution in [2.45, 2.75) is 65.0 Å². The zero-order valence-electron chi connectivity index (χ0n) is 12.0. The summed E-state index contributed by atoms with van der Waals surface area (Å²) in [6.45, 7) is 10.6. The van der Waals surface area contributed by atoms with Crippen LogP contribution in [0.1, 0.15) is 59.1 Å². The molecule has 0 aromatic carbocycles. The lowest BCUT2D eigenvalue weighted by atomic mass is 10.1. The molecule has 1 aromatic heterocycles. The van der Waals surface area contributed by atoms with Gasteiger partial charge in [-0.2, -0.15) is 4.98 Å². The van der Waals surface area contributed by atoms with E-state index in [0.717, 1.165) is 11.8 Å². The SMILES string of the molecule is CC(C)Nc1cc(C2CC2)nc(NC(C)(C)C)n1. The van der Waals surface area contributed by atoms with Crippen LogP contribution in [0.4, 0.5) is 11.8 Å². The van der Waals surface area contributed by atoms with Gasteiger partial charge in [0.1, 0.15) is 5.82 Å². The molecule has 0 aliphatic heterocycles. The molecule has 1 fully saturated rings. The fraction of sp³-hybridized carbons (Fsp3) is 0.714. The summed E-state index contributed by atoms with van der Waals surface area (Å²) in [6, 6.07) is 2.47. The third-order valence-corrected chi connectivity index (χ3v) is 2.66. The van der Waals surface area contributed by atoms with E-state index in [2.05, 4.69) is 61.3 Å². The second-order valence-electron chi connectivity index (χ2n) is 6.45. The Morgan fingerprint density at radius 2 is 1.89 bits per heavy atom. The van der Waals surface area contributed by atoms with Gasteiger partial charge < -0.3 is 10.6 Å². The third kappa shape index (κ3) is 3.86. The van der Waals surface area contributed by atoms with Gasteiger partial charge in [0.2, 0.25) is 5.95 Å². The van der Waals surface area contributed by atoms with Crippen LogP contribution < -0.4 is 10.6 Å². The Bertz CT molecular complexity index is 416. The summed E-state index contributed by atoms with van der Waals surface area (Å²) in [5.41, 5.74) is 1.15. The molecule has 0 unspecified atom stereocenters. The number of hydrogen-bond acceptors (Lipinski definition) is 4. The molecular weight excluding hydrogens is 224 g/mol. The zero-order valence-corrected chi connectivity index (χ0v) is 12.0. The summed E-state index contributed by atoms with van der Waals surface area (Å²) in [6.07, 6.45) is 2.51. The molecule has 0 amide bonds. The Kier molecular flexibility index (Phi) is 3.46. The normalized spacial score (nSPS) is 15.9. The van der Waals surface area contributed by atoms with Crippen molar-refractivity contribution in [1.82, 2.24) is 9.97 Å². The fourth-order valence-corrected chi connectivity index (χ4v) is 1.82. The molecule has 4 nitrogen and oxygen atoms in total. The monoisotopic (exact) mass is 248 g/mol. The van der Waals surface area contributed by atoms with Crippen molar-refractivity contribution in [3.8, 4) is 0 Å². The predicted molar refractivity (Wildman–Crippen MR) is 76.1 cm³/mol. The van der Waals surface area contributed by atoms with Crippen LogP contribution in [-0.2, 0) is 0 Å². The van der Waals surface area contributed by atoms with Crippen LogP contribution in [0, 0.1) is 0 Å². The van der Waals surface area contributed by atoms with Crippen molar-refractivity contribution < 1.29 is 0 Å². The summed E-state index contributed by atoms with van der Waals surface area (Å²) in [4.78, 5) is 9.16. The molecule has 0 bridgehead atoms. The van der Waals surface area contributed by atoms with Crippen molar-refractivity contribution >= 4 is 11.8 Å². The molecule has 1 saturated carbocycles. The van der Waals surface area contributed by atoms with Gasteiger partial charge in [0.25, 0.3) is 0 Å². The minimum absolute atomic E-state index is 0.0166. The van der Waals surface area contributed by atoms with Crippen LogP contribution in [0.25, 0.3) is 0 Å². The quantitative estimate of drug-likeness (QED) is 0.857. The van der Waals surface area contributed by atoms with Gasteiger partial charge in [0.15, 0.2) is 0 Å². The summed E-state index contributed by atoms with van der Waals surface area (Å²) in [5.74, 6) is 2.30. The highest BCUT2D eigenvalue weighted by atomic mass is 15.2. The molecule has 1 aromatic rings. The van der Waals surface area contributed by atoms with Gasteiger partial charge in [0.05, 0.1) is 5.69 Å². The smallest absolute Gasteiger partial charge is 0.225 e. The maximum atomic E-state index is 4.63. The third-order valence-electron chi connectivity index (χ3n) is 2.66. The lowest BCUT2D eigenvalue weighted by Crippen LogP contribution is -2.28. The van der Waals surface area contributed by atoms with Crippen molar-refractivity contribution in [2.75, 3.05) is 10.6 Å². The van der Waals surface area contributed by atoms with E-state index < -0.39 is 0 Å². The fourth-order valence-electron chi connectivity index (χ4n) is 1.82. The number of aromatic nitrogens is 2. The summed E-state index contributed by atoms with van der Waals surface area (Å²) in [7, 11) is 0. The van der Waals surface area contributed by atoms with Crippen molar-refractivity contribution in [3.05, 3.63) is 11.8 Å². The minimum Gasteiger partial charge on any atom is -0.368 e. The molecule has 0 saturated heterocycles. The molecule has 1 heterocycles. The van der Waals surface area contributed by atoms with Gasteiger partial charge in [-0.25, -0.2) is 4.98 Å². The van der Waals surface area contributed by atoms with Crippen molar-refractivity contribution in [2.24, 2.45) is 0 Å². The van der Waals surface area contributed by atoms with E-state index in [0.29, 0.717) is 12.0 Å². The number of nitrogens with zero attached hydrogens (tertiary/aromatic N) is 2. The number of anilines is 2. The summed E-state index contributed by atoms with van der Waals surface area (Å²) < 4.78 is 0. The molecule has 0 spiro atoms. The minimum atomic E-state index is -0.0166. The van der Waals surface area contributed by atoms with E-state index in [1.54, 1.807) is 0 Å². The standard InChI is InChI=1S/C14H24N4/c1-9(2)15-12-8-11(10-6-7-10)16-13(17-12)18-14(3,4)5/h8-10H,6-7H2,1-5H3,(H2,15,16,17,18). The maximum Gasteiger partial charge on any atom is 0.225 e. The van der Waals surface area contributed by atoms with Crippen LogP contribution in [0.15, 0.2) is 6.07 Å². The second-order valence-corrected chi connectivity index (χ2v) is 6.45. The highest BCUT2D eigenvalue weighted by molar-refractivity contribution is 5.45. The van der Waals surface area contributed by atoms with Gasteiger partial charge in [0, 0.05) is 23.6 Å². The molecule has 1 aliphatic carbocycles. The Morgan fingerprint density at radius 3 is 2.39 bits per heavy atom. The van der Waals surface area contributed by atoms with Crippen LogP contribution in [0.2, 0.25) is 0 Å². The van der Waals surface area contributed by atoms with Crippen LogP contribution in [-0.4, -0.2) is 21.5 Å². The average molecular weight is 248 g/mol. The second kappa shape index (κ2) is 4.75. The molecule has 18 heavy (non-hydrogen) atoms. The first-order valence-corrected chi connectivity index (χ1v) is 6.77. The lowest BCUT2D eigenvalue weighted by molar-refractivity contribution is 0.625. The molecule has 4 heteroatoms. The van der Waals surface area contributed by atoms with E-state index in [1.807, 2.05) is 0 Å². The summed E-state index contributed by atoms with van der Waals surface area (Å²) in [5, 5.41) is 6.72. The first kappa shape index (κ1) is 13.1. The van der Waals surface area contributed by atoms with Gasteiger partial charge in [-0.1, -0.05) is 0 Å². The topological polar surface area (TPSA) is 49.8 Å². The molecule has 0 radical (unpaired) electrons. The first-order chi connectivity index (χ1) is 8.33. The van der Waals surface area contributed by atoms with Gasteiger partial charge in [-0.05, 0) is 47.5 Å². The van der Waals surface area contributed by atoms with Crippen LogP contribution in [0.5, 0.6) is 0 Å². The Hall–Kier alpha value is -1.32. The van der Waals surface area contributed by atoms with E-state index in [9.17, 15) is 0 Å². The van der Waals surface area contributed by atoms with E-state index in [1.165, 1.54) is 18.5 Å². The maximum absolute atomic E-state index is 4.63. The van der Waals surface area contributed by atoms with Gasteiger partial charge >= 0.3 is 0 Å². The average Bonchev–Trinajstić information content (AvgIpc) is 2.95. The predicted octanol–water partition coefficient (Wildman–Crippen LogP) is 3.38. The van der Waals surface area contributed by atoms with E-state index >= 15 is 0 Å². The Labute approximate surface area is 110 Å². The largest absolute Gasteiger partial charge is 0.368 e. The summed E-state index contributed by atoms with van der Waals surface area (Å²) >= 11 is 0. The van der Waals surface area contributed by atoms with Crippen molar-refractivity contribution in [3.63, 3.8) is 0 Å². The molecule has 1 aliphatic rings. The van der Waals surface area contributed by atoms with Crippen LogP contribution in [0.3, 0.4) is 0 Å². The lowest BCUT2D eigenvalue weighted by Gasteiger charge is -2.21. The Morgan fingerprint density at radius 1 is 1.22 bits per heavy atom. The van der Waals surface area contributed by atoms with Crippen LogP contribution >= 0.6 is 0 Å².